The lowest BCUT2D eigenvalue weighted by molar-refractivity contribution is -0.136. The number of piperidine rings is 2. The van der Waals surface area contributed by atoms with Crippen molar-refractivity contribution in [2.75, 3.05) is 46.8 Å². The summed E-state index contributed by atoms with van der Waals surface area (Å²) in [6.07, 6.45) is 6.09. The van der Waals surface area contributed by atoms with Crippen LogP contribution in [-0.4, -0.2) is 79.5 Å². The minimum Gasteiger partial charge on any atom is -0.341 e. The molecule has 3 aliphatic rings. The molecule has 0 aromatic heterocycles. The molecule has 35 heavy (non-hydrogen) atoms. The highest BCUT2D eigenvalue weighted by atomic mass is 35.5. The van der Waals surface area contributed by atoms with E-state index in [-0.39, 0.29) is 17.5 Å². The van der Waals surface area contributed by atoms with E-state index in [9.17, 15) is 4.79 Å². The number of carbonyl (C=O) groups excluding carboxylic acids is 1. The predicted molar refractivity (Wildman–Crippen MR) is 143 cm³/mol. The van der Waals surface area contributed by atoms with E-state index >= 15 is 0 Å². The van der Waals surface area contributed by atoms with Gasteiger partial charge < -0.3 is 15.1 Å². The number of nitrogens with one attached hydrogen (secondary N) is 1. The first kappa shape index (κ1) is 24.8. The average Bonchev–Trinajstić information content (AvgIpc) is 2.87. The summed E-state index contributed by atoms with van der Waals surface area (Å²) >= 11 is 6.12. The summed E-state index contributed by atoms with van der Waals surface area (Å²) in [5.41, 5.74) is 4.16. The SMILES string of the molecule is CN1CCCC(N[C@H](Cc2ccc(Cl)cc2)C(=O)N2CCC3(CC2)c2ccccc2CCN3C)C1. The molecule has 3 aliphatic heterocycles. The Labute approximate surface area is 215 Å². The molecule has 1 amide bonds. The largest absolute Gasteiger partial charge is 0.341 e. The van der Waals surface area contributed by atoms with Gasteiger partial charge >= 0.3 is 0 Å². The fourth-order valence-corrected chi connectivity index (χ4v) is 6.66. The summed E-state index contributed by atoms with van der Waals surface area (Å²) in [6, 6.07) is 17.0. The van der Waals surface area contributed by atoms with Crippen LogP contribution in [0.3, 0.4) is 0 Å². The molecule has 3 heterocycles. The molecule has 1 N–H and O–H groups in total. The summed E-state index contributed by atoms with van der Waals surface area (Å²) in [5, 5.41) is 4.50. The van der Waals surface area contributed by atoms with E-state index in [4.69, 9.17) is 11.6 Å². The van der Waals surface area contributed by atoms with Crippen LogP contribution in [0.25, 0.3) is 0 Å². The Hall–Kier alpha value is -1.92. The van der Waals surface area contributed by atoms with Crippen LogP contribution in [0, 0.1) is 0 Å². The zero-order valence-corrected chi connectivity index (χ0v) is 21.9. The second-order valence-electron chi connectivity index (χ2n) is 10.8. The molecule has 2 aromatic rings. The molecule has 5 nitrogen and oxygen atoms in total. The lowest BCUT2D eigenvalue weighted by Gasteiger charge is -2.51. The minimum atomic E-state index is -0.210. The molecule has 0 bridgehead atoms. The summed E-state index contributed by atoms with van der Waals surface area (Å²) in [4.78, 5) is 21.0. The highest BCUT2D eigenvalue weighted by molar-refractivity contribution is 6.30. The van der Waals surface area contributed by atoms with Crippen molar-refractivity contribution >= 4 is 17.5 Å². The highest BCUT2D eigenvalue weighted by Crippen LogP contribution is 2.42. The van der Waals surface area contributed by atoms with Crippen molar-refractivity contribution in [3.8, 4) is 0 Å². The molecule has 6 heteroatoms. The van der Waals surface area contributed by atoms with Crippen molar-refractivity contribution in [1.29, 1.82) is 0 Å². The van der Waals surface area contributed by atoms with Crippen LogP contribution >= 0.6 is 11.6 Å². The van der Waals surface area contributed by atoms with Crippen LogP contribution in [0.15, 0.2) is 48.5 Å². The van der Waals surface area contributed by atoms with Crippen LogP contribution in [0.5, 0.6) is 0 Å². The zero-order valence-electron chi connectivity index (χ0n) is 21.2. The maximum absolute atomic E-state index is 13.9. The number of carbonyl (C=O) groups is 1. The van der Waals surface area contributed by atoms with Gasteiger partial charge in [0.2, 0.25) is 5.91 Å². The van der Waals surface area contributed by atoms with Gasteiger partial charge in [-0.25, -0.2) is 0 Å². The van der Waals surface area contributed by atoms with Crippen molar-refractivity contribution in [2.24, 2.45) is 0 Å². The maximum Gasteiger partial charge on any atom is 0.240 e. The van der Waals surface area contributed by atoms with Gasteiger partial charge in [-0.3, -0.25) is 9.69 Å². The van der Waals surface area contributed by atoms with E-state index in [0.29, 0.717) is 12.5 Å². The number of fused-ring (bicyclic) bond motifs is 2. The Morgan fingerprint density at radius 1 is 1.06 bits per heavy atom. The fourth-order valence-electron chi connectivity index (χ4n) is 6.53. The number of likely N-dealkylation sites (tertiary alicyclic amines) is 2. The maximum atomic E-state index is 13.9. The van der Waals surface area contributed by atoms with E-state index in [1.165, 1.54) is 17.5 Å². The third-order valence-electron chi connectivity index (χ3n) is 8.58. The minimum absolute atomic E-state index is 0.0524. The second-order valence-corrected chi connectivity index (χ2v) is 11.3. The third kappa shape index (κ3) is 5.29. The van der Waals surface area contributed by atoms with Crippen LogP contribution in [0.4, 0.5) is 0 Å². The number of amides is 1. The van der Waals surface area contributed by atoms with Gasteiger partial charge in [0.25, 0.3) is 0 Å². The van der Waals surface area contributed by atoms with E-state index in [1.54, 1.807) is 0 Å². The van der Waals surface area contributed by atoms with Crippen molar-refractivity contribution in [3.63, 3.8) is 0 Å². The van der Waals surface area contributed by atoms with E-state index in [2.05, 4.69) is 70.5 Å². The lowest BCUT2D eigenvalue weighted by atomic mass is 9.74. The van der Waals surface area contributed by atoms with E-state index < -0.39 is 0 Å². The molecular formula is C29H39ClN4O. The molecule has 2 aromatic carbocycles. The Morgan fingerprint density at radius 3 is 2.54 bits per heavy atom. The molecule has 188 valence electrons. The number of hydrogen-bond donors (Lipinski definition) is 1. The van der Waals surface area contributed by atoms with Gasteiger partial charge in [0.15, 0.2) is 0 Å². The van der Waals surface area contributed by atoms with Crippen LogP contribution in [-0.2, 0) is 23.2 Å². The molecule has 2 atom stereocenters. The topological polar surface area (TPSA) is 38.8 Å². The second kappa shape index (κ2) is 10.6. The van der Waals surface area contributed by atoms with Crippen LogP contribution in [0.1, 0.15) is 42.4 Å². The van der Waals surface area contributed by atoms with Crippen molar-refractivity contribution < 1.29 is 4.79 Å². The molecule has 0 radical (unpaired) electrons. The Kier molecular flexibility index (Phi) is 7.50. The Bertz CT molecular complexity index is 1020. The van der Waals surface area contributed by atoms with Crippen molar-refractivity contribution in [3.05, 3.63) is 70.2 Å². The smallest absolute Gasteiger partial charge is 0.240 e. The lowest BCUT2D eigenvalue weighted by Crippen LogP contribution is -2.59. The summed E-state index contributed by atoms with van der Waals surface area (Å²) in [7, 11) is 4.43. The molecule has 0 aliphatic carbocycles. The van der Waals surface area contributed by atoms with E-state index in [1.807, 2.05) is 12.1 Å². The first-order valence-corrected chi connectivity index (χ1v) is 13.6. The average molecular weight is 495 g/mol. The quantitative estimate of drug-likeness (QED) is 0.683. The molecule has 1 spiro atoms. The molecule has 1 unspecified atom stereocenters. The predicted octanol–water partition coefficient (Wildman–Crippen LogP) is 3.94. The first-order chi connectivity index (χ1) is 16.9. The van der Waals surface area contributed by atoms with Crippen LogP contribution in [0.2, 0.25) is 5.02 Å². The molecule has 2 saturated heterocycles. The van der Waals surface area contributed by atoms with Gasteiger partial charge in [-0.05, 0) is 88.0 Å². The molecule has 2 fully saturated rings. The van der Waals surface area contributed by atoms with Gasteiger partial charge in [0.1, 0.15) is 0 Å². The highest BCUT2D eigenvalue weighted by Gasteiger charge is 2.44. The van der Waals surface area contributed by atoms with Gasteiger partial charge in [-0.1, -0.05) is 48.0 Å². The number of hydrogen-bond acceptors (Lipinski definition) is 4. The third-order valence-corrected chi connectivity index (χ3v) is 8.83. The molecule has 0 saturated carbocycles. The summed E-state index contributed by atoms with van der Waals surface area (Å²) in [5.74, 6) is 0.245. The Balaban J connectivity index is 1.31. The van der Waals surface area contributed by atoms with E-state index in [0.717, 1.165) is 69.0 Å². The van der Waals surface area contributed by atoms with Gasteiger partial charge in [-0.2, -0.15) is 0 Å². The number of halogens is 1. The number of rotatable bonds is 5. The first-order valence-electron chi connectivity index (χ1n) is 13.2. The fraction of sp³-hybridized carbons (Fsp3) is 0.552. The van der Waals surface area contributed by atoms with Gasteiger partial charge in [0, 0.05) is 42.8 Å². The van der Waals surface area contributed by atoms with Crippen molar-refractivity contribution in [1.82, 2.24) is 20.0 Å². The van der Waals surface area contributed by atoms with Crippen LogP contribution < -0.4 is 5.32 Å². The summed E-state index contributed by atoms with van der Waals surface area (Å²) in [6.45, 7) is 4.83. The molecular weight excluding hydrogens is 456 g/mol. The number of likely N-dealkylation sites (N-methyl/N-ethyl adjacent to an activating group) is 2. The van der Waals surface area contributed by atoms with Gasteiger partial charge in [0.05, 0.1) is 6.04 Å². The standard InChI is InChI=1S/C29H39ClN4O/c1-32-16-5-7-25(21-32)31-27(20-22-9-11-24(30)12-10-22)28(35)34-18-14-29(15-19-34)26-8-4-3-6-23(26)13-17-33(29)2/h3-4,6,8-12,25,27,31H,5,7,13-21H2,1-2H3/t25?,27-/m1/s1. The van der Waals surface area contributed by atoms with Crippen molar-refractivity contribution in [2.45, 2.75) is 56.1 Å². The molecule has 5 rings (SSSR count). The Morgan fingerprint density at radius 2 is 1.80 bits per heavy atom. The summed E-state index contributed by atoms with van der Waals surface area (Å²) < 4.78 is 0. The number of benzene rings is 2. The zero-order chi connectivity index (χ0) is 24.4. The monoisotopic (exact) mass is 494 g/mol. The number of nitrogens with zero attached hydrogens (tertiary/aromatic N) is 3. The van der Waals surface area contributed by atoms with Gasteiger partial charge in [-0.15, -0.1) is 0 Å². The normalized spacial score (nSPS) is 23.7.